The van der Waals surface area contributed by atoms with Crippen molar-refractivity contribution in [2.24, 2.45) is 11.8 Å². The summed E-state index contributed by atoms with van der Waals surface area (Å²) in [5.41, 5.74) is 0. The van der Waals surface area contributed by atoms with Crippen molar-refractivity contribution < 1.29 is 0 Å². The van der Waals surface area contributed by atoms with Gasteiger partial charge in [-0.15, -0.1) is 0 Å². The molecule has 1 N–H and O–H groups in total. The second-order valence-electron chi connectivity index (χ2n) is 5.37. The lowest BCUT2D eigenvalue weighted by atomic mass is 9.80. The molecular formula is C14H29N. The minimum absolute atomic E-state index is 0.773. The molecule has 0 saturated heterocycles. The van der Waals surface area contributed by atoms with Crippen molar-refractivity contribution in [2.75, 3.05) is 6.54 Å². The first kappa shape index (κ1) is 13.0. The van der Waals surface area contributed by atoms with E-state index in [1.165, 1.54) is 44.9 Å². The third kappa shape index (κ3) is 5.01. The Bertz CT molecular complexity index is 147. The molecular weight excluding hydrogens is 182 g/mol. The molecule has 0 radical (unpaired) electrons. The maximum atomic E-state index is 3.58. The summed E-state index contributed by atoms with van der Waals surface area (Å²) in [5.74, 6) is 2.03. The molecule has 1 saturated carbocycles. The van der Waals surface area contributed by atoms with Crippen LogP contribution in [-0.2, 0) is 0 Å². The van der Waals surface area contributed by atoms with E-state index < -0.39 is 0 Å². The molecule has 0 aromatic rings. The van der Waals surface area contributed by atoms with Gasteiger partial charge >= 0.3 is 0 Å². The molecule has 1 fully saturated rings. The van der Waals surface area contributed by atoms with Gasteiger partial charge in [-0.1, -0.05) is 46.5 Å². The number of hydrogen-bond acceptors (Lipinski definition) is 1. The molecule has 0 aliphatic heterocycles. The van der Waals surface area contributed by atoms with Gasteiger partial charge in [0.15, 0.2) is 0 Å². The molecule has 0 aromatic carbocycles. The molecule has 1 nitrogen and oxygen atoms in total. The zero-order valence-electron chi connectivity index (χ0n) is 10.9. The third-order valence-electron chi connectivity index (χ3n) is 4.04. The topological polar surface area (TPSA) is 12.0 Å². The highest BCUT2D eigenvalue weighted by Gasteiger charge is 2.18. The predicted octanol–water partition coefficient (Wildman–Crippen LogP) is 3.98. The lowest BCUT2D eigenvalue weighted by Gasteiger charge is -2.27. The van der Waals surface area contributed by atoms with Crippen LogP contribution < -0.4 is 5.32 Å². The Morgan fingerprint density at radius 2 is 1.80 bits per heavy atom. The molecule has 15 heavy (non-hydrogen) atoms. The highest BCUT2D eigenvalue weighted by atomic mass is 14.9. The Morgan fingerprint density at radius 3 is 2.33 bits per heavy atom. The van der Waals surface area contributed by atoms with Gasteiger partial charge in [-0.3, -0.25) is 0 Å². The van der Waals surface area contributed by atoms with Crippen LogP contribution in [-0.4, -0.2) is 12.6 Å². The summed E-state index contributed by atoms with van der Waals surface area (Å²) in [7, 11) is 0. The van der Waals surface area contributed by atoms with Crippen molar-refractivity contribution in [1.29, 1.82) is 0 Å². The lowest BCUT2D eigenvalue weighted by Crippen LogP contribution is -2.29. The fourth-order valence-corrected chi connectivity index (χ4v) is 2.79. The molecule has 90 valence electrons. The Morgan fingerprint density at radius 1 is 1.13 bits per heavy atom. The lowest BCUT2D eigenvalue weighted by molar-refractivity contribution is 0.263. The highest BCUT2D eigenvalue weighted by molar-refractivity contribution is 4.73. The monoisotopic (exact) mass is 211 g/mol. The third-order valence-corrected chi connectivity index (χ3v) is 4.04. The summed E-state index contributed by atoms with van der Waals surface area (Å²) in [5, 5.41) is 3.58. The predicted molar refractivity (Wildman–Crippen MR) is 68.1 cm³/mol. The van der Waals surface area contributed by atoms with Crippen molar-refractivity contribution >= 4 is 0 Å². The molecule has 1 rings (SSSR count). The van der Waals surface area contributed by atoms with Gasteiger partial charge in [-0.05, 0) is 37.6 Å². The molecule has 0 aromatic heterocycles. The number of nitrogens with one attached hydrogen (secondary N) is 1. The Kier molecular flexibility index (Phi) is 6.31. The standard InChI is InChI=1S/C14H29N/c1-4-14(15-5-2)11-10-13-8-6-12(3)7-9-13/h12-15H,4-11H2,1-3H3. The smallest absolute Gasteiger partial charge is 0.00644 e. The van der Waals surface area contributed by atoms with Gasteiger partial charge in [0.2, 0.25) is 0 Å². The summed E-state index contributed by atoms with van der Waals surface area (Å²) >= 11 is 0. The van der Waals surface area contributed by atoms with E-state index in [1.807, 2.05) is 0 Å². The molecule has 0 heterocycles. The zero-order chi connectivity index (χ0) is 11.1. The quantitative estimate of drug-likeness (QED) is 0.700. The number of rotatable bonds is 6. The minimum Gasteiger partial charge on any atom is -0.314 e. The first-order valence-electron chi connectivity index (χ1n) is 6.99. The van der Waals surface area contributed by atoms with Gasteiger partial charge in [-0.25, -0.2) is 0 Å². The van der Waals surface area contributed by atoms with Crippen LogP contribution in [0.4, 0.5) is 0 Å². The van der Waals surface area contributed by atoms with Crippen LogP contribution in [0.1, 0.15) is 65.7 Å². The first-order valence-corrected chi connectivity index (χ1v) is 6.99. The van der Waals surface area contributed by atoms with Gasteiger partial charge in [0.25, 0.3) is 0 Å². The molecule has 1 atom stereocenters. The molecule has 1 unspecified atom stereocenters. The molecule has 0 bridgehead atoms. The van der Waals surface area contributed by atoms with Crippen LogP contribution >= 0.6 is 0 Å². The summed E-state index contributed by atoms with van der Waals surface area (Å²) in [4.78, 5) is 0. The minimum atomic E-state index is 0.773. The summed E-state index contributed by atoms with van der Waals surface area (Å²) in [6.07, 6.45) is 10.1. The van der Waals surface area contributed by atoms with Crippen molar-refractivity contribution in [3.8, 4) is 0 Å². The molecule has 0 amide bonds. The van der Waals surface area contributed by atoms with Crippen LogP contribution in [0, 0.1) is 11.8 Å². The van der Waals surface area contributed by atoms with Crippen LogP contribution in [0.5, 0.6) is 0 Å². The van der Waals surface area contributed by atoms with Gasteiger partial charge in [0.05, 0.1) is 0 Å². The highest BCUT2D eigenvalue weighted by Crippen LogP contribution is 2.31. The zero-order valence-corrected chi connectivity index (χ0v) is 10.9. The largest absolute Gasteiger partial charge is 0.314 e. The normalized spacial score (nSPS) is 29.0. The average Bonchev–Trinajstić information content (AvgIpc) is 2.26. The van der Waals surface area contributed by atoms with E-state index in [4.69, 9.17) is 0 Å². The Balaban J connectivity index is 2.12. The second kappa shape index (κ2) is 7.27. The van der Waals surface area contributed by atoms with E-state index in [0.29, 0.717) is 0 Å². The SMILES string of the molecule is CCNC(CC)CCC1CCC(C)CC1. The van der Waals surface area contributed by atoms with Gasteiger partial charge in [0.1, 0.15) is 0 Å². The maximum Gasteiger partial charge on any atom is 0.00644 e. The average molecular weight is 211 g/mol. The number of hydrogen-bond donors (Lipinski definition) is 1. The fraction of sp³-hybridized carbons (Fsp3) is 1.00. The summed E-state index contributed by atoms with van der Waals surface area (Å²) in [6.45, 7) is 8.05. The molecule has 1 heteroatoms. The Labute approximate surface area is 96.0 Å². The van der Waals surface area contributed by atoms with E-state index >= 15 is 0 Å². The maximum absolute atomic E-state index is 3.58. The molecule has 0 spiro atoms. The van der Waals surface area contributed by atoms with Crippen molar-refractivity contribution in [3.05, 3.63) is 0 Å². The van der Waals surface area contributed by atoms with E-state index in [9.17, 15) is 0 Å². The van der Waals surface area contributed by atoms with Crippen LogP contribution in [0.2, 0.25) is 0 Å². The first-order chi connectivity index (χ1) is 7.26. The van der Waals surface area contributed by atoms with Gasteiger partial charge in [-0.2, -0.15) is 0 Å². The van der Waals surface area contributed by atoms with E-state index in [0.717, 1.165) is 24.4 Å². The molecule has 1 aliphatic carbocycles. The van der Waals surface area contributed by atoms with E-state index in [1.54, 1.807) is 0 Å². The van der Waals surface area contributed by atoms with Crippen LogP contribution in [0.15, 0.2) is 0 Å². The van der Waals surface area contributed by atoms with Crippen molar-refractivity contribution in [2.45, 2.75) is 71.8 Å². The van der Waals surface area contributed by atoms with Crippen molar-refractivity contribution in [1.82, 2.24) is 5.32 Å². The van der Waals surface area contributed by atoms with Gasteiger partial charge in [0, 0.05) is 6.04 Å². The Hall–Kier alpha value is -0.0400. The van der Waals surface area contributed by atoms with Crippen LogP contribution in [0.3, 0.4) is 0 Å². The van der Waals surface area contributed by atoms with E-state index in [-0.39, 0.29) is 0 Å². The fourth-order valence-electron chi connectivity index (χ4n) is 2.79. The van der Waals surface area contributed by atoms with Crippen molar-refractivity contribution in [3.63, 3.8) is 0 Å². The van der Waals surface area contributed by atoms with E-state index in [2.05, 4.69) is 26.1 Å². The summed E-state index contributed by atoms with van der Waals surface area (Å²) in [6, 6.07) is 0.773. The summed E-state index contributed by atoms with van der Waals surface area (Å²) < 4.78 is 0. The van der Waals surface area contributed by atoms with Crippen LogP contribution in [0.25, 0.3) is 0 Å². The second-order valence-corrected chi connectivity index (χ2v) is 5.37. The molecule has 1 aliphatic rings. The van der Waals surface area contributed by atoms with Gasteiger partial charge < -0.3 is 5.32 Å².